The van der Waals surface area contributed by atoms with E-state index < -0.39 is 17.6 Å². The van der Waals surface area contributed by atoms with E-state index in [1.165, 1.54) is 0 Å². The standard InChI is InChI=1S/C16H16F2N2O2/c1-9-2-3-14(11(4-9)7-15(21)22)20-16-12(17)5-10(8-19)6-13(16)18/h2-6,20H,7-8,19H2,1H3,(H,21,22). The van der Waals surface area contributed by atoms with Crippen LogP contribution in [0.4, 0.5) is 20.2 Å². The van der Waals surface area contributed by atoms with E-state index in [1.54, 1.807) is 18.2 Å². The lowest BCUT2D eigenvalue weighted by atomic mass is 10.1. The Bertz CT molecular complexity index is 694. The van der Waals surface area contributed by atoms with Crippen LogP contribution in [0.2, 0.25) is 0 Å². The highest BCUT2D eigenvalue weighted by atomic mass is 19.1. The number of nitrogens with two attached hydrogens (primary N) is 1. The van der Waals surface area contributed by atoms with Crippen molar-refractivity contribution >= 4 is 17.3 Å². The highest BCUT2D eigenvalue weighted by Crippen LogP contribution is 2.27. The molecule has 22 heavy (non-hydrogen) atoms. The minimum absolute atomic E-state index is 0.0307. The number of hydrogen-bond acceptors (Lipinski definition) is 3. The van der Waals surface area contributed by atoms with Crippen molar-refractivity contribution in [2.45, 2.75) is 19.9 Å². The van der Waals surface area contributed by atoms with Gasteiger partial charge in [-0.15, -0.1) is 0 Å². The summed E-state index contributed by atoms with van der Waals surface area (Å²) in [6, 6.07) is 7.30. The summed E-state index contributed by atoms with van der Waals surface area (Å²) < 4.78 is 28.0. The minimum atomic E-state index is -1.02. The van der Waals surface area contributed by atoms with Crippen LogP contribution in [0.1, 0.15) is 16.7 Å². The Morgan fingerprint density at radius 2 is 1.86 bits per heavy atom. The van der Waals surface area contributed by atoms with E-state index in [4.69, 9.17) is 10.8 Å². The second-order valence-electron chi connectivity index (χ2n) is 4.99. The normalized spacial score (nSPS) is 10.5. The number of anilines is 2. The van der Waals surface area contributed by atoms with Crippen LogP contribution in [0.3, 0.4) is 0 Å². The number of carbonyl (C=O) groups is 1. The number of carboxylic acids is 1. The van der Waals surface area contributed by atoms with Gasteiger partial charge in [-0.25, -0.2) is 8.78 Å². The van der Waals surface area contributed by atoms with Crippen LogP contribution < -0.4 is 11.1 Å². The molecule has 0 aliphatic rings. The average molecular weight is 306 g/mol. The fourth-order valence-corrected chi connectivity index (χ4v) is 2.15. The smallest absolute Gasteiger partial charge is 0.307 e. The van der Waals surface area contributed by atoms with Crippen molar-refractivity contribution < 1.29 is 18.7 Å². The Kier molecular flexibility index (Phi) is 4.72. The van der Waals surface area contributed by atoms with Crippen LogP contribution in [-0.4, -0.2) is 11.1 Å². The first-order valence-corrected chi connectivity index (χ1v) is 6.67. The van der Waals surface area contributed by atoms with Crippen LogP contribution >= 0.6 is 0 Å². The highest BCUT2D eigenvalue weighted by molar-refractivity contribution is 5.75. The van der Waals surface area contributed by atoms with Gasteiger partial charge >= 0.3 is 5.97 Å². The summed E-state index contributed by atoms with van der Waals surface area (Å²) in [5.41, 5.74) is 7.05. The Balaban J connectivity index is 2.41. The van der Waals surface area contributed by atoms with Crippen molar-refractivity contribution in [2.75, 3.05) is 5.32 Å². The lowest BCUT2D eigenvalue weighted by Crippen LogP contribution is -2.07. The summed E-state index contributed by atoms with van der Waals surface area (Å²) in [7, 11) is 0. The van der Waals surface area contributed by atoms with E-state index >= 15 is 0 Å². The third-order valence-electron chi connectivity index (χ3n) is 3.20. The SMILES string of the molecule is Cc1ccc(Nc2c(F)cc(CN)cc2F)c(CC(=O)O)c1. The van der Waals surface area contributed by atoms with E-state index in [0.29, 0.717) is 16.8 Å². The zero-order valence-corrected chi connectivity index (χ0v) is 12.0. The molecular weight excluding hydrogens is 290 g/mol. The number of carboxylic acid groups (broad SMARTS) is 1. The maximum atomic E-state index is 14.0. The first kappa shape index (κ1) is 15.9. The minimum Gasteiger partial charge on any atom is -0.481 e. The summed E-state index contributed by atoms with van der Waals surface area (Å²) in [6.07, 6.45) is -0.242. The van der Waals surface area contributed by atoms with Gasteiger partial charge in [-0.3, -0.25) is 4.79 Å². The van der Waals surface area contributed by atoms with Crippen LogP contribution in [0, 0.1) is 18.6 Å². The maximum absolute atomic E-state index is 14.0. The molecule has 0 aliphatic carbocycles. The second-order valence-corrected chi connectivity index (χ2v) is 4.99. The van der Waals surface area contributed by atoms with E-state index in [9.17, 15) is 13.6 Å². The van der Waals surface area contributed by atoms with Gasteiger partial charge in [0.25, 0.3) is 0 Å². The molecule has 4 N–H and O–H groups in total. The van der Waals surface area contributed by atoms with Crippen molar-refractivity contribution in [1.82, 2.24) is 0 Å². The monoisotopic (exact) mass is 306 g/mol. The fraction of sp³-hybridized carbons (Fsp3) is 0.188. The average Bonchev–Trinajstić information content (AvgIpc) is 2.43. The molecule has 2 rings (SSSR count). The first-order valence-electron chi connectivity index (χ1n) is 6.67. The topological polar surface area (TPSA) is 75.3 Å². The van der Waals surface area contributed by atoms with Gasteiger partial charge in [-0.2, -0.15) is 0 Å². The van der Waals surface area contributed by atoms with Gasteiger partial charge in [0.15, 0.2) is 0 Å². The predicted octanol–water partition coefficient (Wildman–Crippen LogP) is 3.10. The van der Waals surface area contributed by atoms with Crippen LogP contribution in [0.15, 0.2) is 30.3 Å². The molecule has 0 heterocycles. The van der Waals surface area contributed by atoms with Gasteiger partial charge in [0.05, 0.1) is 6.42 Å². The van der Waals surface area contributed by atoms with E-state index in [0.717, 1.165) is 17.7 Å². The molecule has 2 aromatic rings. The molecular formula is C16H16F2N2O2. The van der Waals surface area contributed by atoms with Gasteiger partial charge in [-0.05, 0) is 36.2 Å². The third kappa shape index (κ3) is 3.59. The van der Waals surface area contributed by atoms with Gasteiger partial charge in [-0.1, -0.05) is 17.7 Å². The summed E-state index contributed by atoms with van der Waals surface area (Å²) in [4.78, 5) is 10.9. The molecule has 0 spiro atoms. The predicted molar refractivity (Wildman–Crippen MR) is 80.1 cm³/mol. The molecule has 4 nitrogen and oxygen atoms in total. The van der Waals surface area contributed by atoms with Crippen molar-refractivity contribution in [1.29, 1.82) is 0 Å². The van der Waals surface area contributed by atoms with E-state index in [1.807, 2.05) is 6.92 Å². The van der Waals surface area contributed by atoms with E-state index in [-0.39, 0.29) is 18.7 Å². The molecule has 0 radical (unpaired) electrons. The first-order chi connectivity index (χ1) is 10.4. The lowest BCUT2D eigenvalue weighted by Gasteiger charge is -2.14. The molecule has 6 heteroatoms. The van der Waals surface area contributed by atoms with Crippen molar-refractivity contribution in [3.05, 3.63) is 58.7 Å². The quantitative estimate of drug-likeness (QED) is 0.793. The van der Waals surface area contributed by atoms with Gasteiger partial charge in [0.1, 0.15) is 17.3 Å². The zero-order chi connectivity index (χ0) is 16.3. The number of halogens is 2. The summed E-state index contributed by atoms with van der Waals surface area (Å²) in [5, 5.41) is 11.6. The van der Waals surface area contributed by atoms with Crippen LogP contribution in [-0.2, 0) is 17.8 Å². The molecule has 0 amide bonds. The van der Waals surface area contributed by atoms with Gasteiger partial charge in [0.2, 0.25) is 0 Å². The Labute approximate surface area is 126 Å². The number of benzene rings is 2. The Morgan fingerprint density at radius 1 is 1.23 bits per heavy atom. The Hall–Kier alpha value is -2.47. The molecule has 0 bridgehead atoms. The maximum Gasteiger partial charge on any atom is 0.307 e. The Morgan fingerprint density at radius 3 is 2.41 bits per heavy atom. The molecule has 116 valence electrons. The van der Waals surface area contributed by atoms with E-state index in [2.05, 4.69) is 5.32 Å². The third-order valence-corrected chi connectivity index (χ3v) is 3.20. The zero-order valence-electron chi connectivity index (χ0n) is 12.0. The number of nitrogens with one attached hydrogen (secondary N) is 1. The number of aliphatic carboxylic acids is 1. The second kappa shape index (κ2) is 6.53. The van der Waals surface area contributed by atoms with Crippen LogP contribution in [0.25, 0.3) is 0 Å². The molecule has 0 aromatic heterocycles. The number of aryl methyl sites for hydroxylation is 1. The molecule has 0 unspecified atom stereocenters. The molecule has 0 saturated carbocycles. The largest absolute Gasteiger partial charge is 0.481 e. The van der Waals surface area contributed by atoms with Gasteiger partial charge in [0, 0.05) is 12.2 Å². The summed E-state index contributed by atoms with van der Waals surface area (Å²) >= 11 is 0. The molecule has 0 saturated heterocycles. The molecule has 0 atom stereocenters. The van der Waals surface area contributed by atoms with Crippen LogP contribution in [0.5, 0.6) is 0 Å². The van der Waals surface area contributed by atoms with Gasteiger partial charge < -0.3 is 16.2 Å². The number of hydrogen-bond donors (Lipinski definition) is 3. The fourth-order valence-electron chi connectivity index (χ4n) is 2.15. The van der Waals surface area contributed by atoms with Crippen molar-refractivity contribution in [3.63, 3.8) is 0 Å². The molecule has 2 aromatic carbocycles. The number of rotatable bonds is 5. The summed E-state index contributed by atoms with van der Waals surface area (Å²) in [6.45, 7) is 1.84. The lowest BCUT2D eigenvalue weighted by molar-refractivity contribution is -0.136. The van der Waals surface area contributed by atoms with Crippen molar-refractivity contribution in [3.8, 4) is 0 Å². The molecule has 0 fully saturated rings. The summed E-state index contributed by atoms with van der Waals surface area (Å²) in [5.74, 6) is -2.57. The molecule has 0 aliphatic heterocycles. The van der Waals surface area contributed by atoms with Crippen molar-refractivity contribution in [2.24, 2.45) is 5.73 Å². The highest BCUT2D eigenvalue weighted by Gasteiger charge is 2.14.